The van der Waals surface area contributed by atoms with Gasteiger partial charge in [0.25, 0.3) is 0 Å². The van der Waals surface area contributed by atoms with E-state index in [0.29, 0.717) is 42.6 Å². The number of nitrogens with zero attached hydrogens (tertiary/aromatic N) is 5. The van der Waals surface area contributed by atoms with Gasteiger partial charge in [0.05, 0.1) is 5.56 Å². The molecule has 0 saturated carbocycles. The van der Waals surface area contributed by atoms with Crippen molar-refractivity contribution in [1.82, 2.24) is 9.97 Å². The van der Waals surface area contributed by atoms with Crippen molar-refractivity contribution < 1.29 is 9.18 Å². The number of hydrogen-bond acceptors (Lipinski definition) is 7. The molecule has 0 bridgehead atoms. The Morgan fingerprint density at radius 1 is 1.23 bits per heavy atom. The molecule has 154 valence electrons. The van der Waals surface area contributed by atoms with Crippen LogP contribution in [-0.2, 0) is 0 Å². The Kier molecular flexibility index (Phi) is 6.49. The zero-order valence-electron chi connectivity index (χ0n) is 16.6. The molecular weight excluding hydrogens is 407 g/mol. The molecule has 0 atom stereocenters. The van der Waals surface area contributed by atoms with Crippen LogP contribution in [0.4, 0.5) is 16.0 Å². The SMILES string of the molecule is CC(C)Nc1nc(C#N)c(C#N)nc1N1CCC(C(=O)c2cc(Cl)ccc2F)CC1. The molecule has 1 aromatic carbocycles. The summed E-state index contributed by atoms with van der Waals surface area (Å²) in [4.78, 5) is 23.3. The number of rotatable bonds is 5. The average Bonchev–Trinajstić information content (AvgIpc) is 2.74. The standard InChI is InChI=1S/C21H20ClFN6O/c1-12(2)26-20-21(28-18(11-25)17(10-24)27-20)29-7-5-13(6-8-29)19(30)15-9-14(22)3-4-16(15)23/h3-4,9,12-13H,5-8H2,1-2H3,(H,26,27). The molecular formula is C21H20ClFN6O. The van der Waals surface area contributed by atoms with Crippen LogP contribution >= 0.6 is 11.6 Å². The van der Waals surface area contributed by atoms with Crippen LogP contribution in [0.3, 0.4) is 0 Å². The van der Waals surface area contributed by atoms with Crippen molar-refractivity contribution in [3.63, 3.8) is 0 Å². The number of hydrogen-bond donors (Lipinski definition) is 1. The number of piperidine rings is 1. The van der Waals surface area contributed by atoms with Crippen LogP contribution in [-0.4, -0.2) is 34.9 Å². The number of nitrogens with one attached hydrogen (secondary N) is 1. The van der Waals surface area contributed by atoms with Gasteiger partial charge in [0.2, 0.25) is 0 Å². The minimum absolute atomic E-state index is 0.00745. The van der Waals surface area contributed by atoms with E-state index >= 15 is 0 Å². The zero-order valence-corrected chi connectivity index (χ0v) is 17.4. The van der Waals surface area contributed by atoms with Gasteiger partial charge in [0.15, 0.2) is 28.8 Å². The molecule has 7 nitrogen and oxygen atoms in total. The quantitative estimate of drug-likeness (QED) is 0.722. The Morgan fingerprint density at radius 2 is 1.87 bits per heavy atom. The summed E-state index contributed by atoms with van der Waals surface area (Å²) in [5.74, 6) is -0.284. The molecule has 0 spiro atoms. The lowest BCUT2D eigenvalue weighted by Crippen LogP contribution is -2.38. The second-order valence-corrected chi connectivity index (χ2v) is 7.80. The number of carbonyl (C=O) groups excluding carboxylic acids is 1. The van der Waals surface area contributed by atoms with Gasteiger partial charge in [-0.3, -0.25) is 4.79 Å². The monoisotopic (exact) mass is 426 g/mol. The molecule has 0 unspecified atom stereocenters. The summed E-state index contributed by atoms with van der Waals surface area (Å²) in [6, 6.07) is 7.82. The number of anilines is 2. The highest BCUT2D eigenvalue weighted by molar-refractivity contribution is 6.31. The minimum Gasteiger partial charge on any atom is -0.365 e. The fraction of sp³-hybridized carbons (Fsp3) is 0.381. The molecule has 1 N–H and O–H groups in total. The van der Waals surface area contributed by atoms with E-state index in [9.17, 15) is 19.7 Å². The highest BCUT2D eigenvalue weighted by atomic mass is 35.5. The van der Waals surface area contributed by atoms with Crippen molar-refractivity contribution in [1.29, 1.82) is 10.5 Å². The molecule has 0 radical (unpaired) electrons. The predicted molar refractivity (Wildman–Crippen MR) is 111 cm³/mol. The maximum atomic E-state index is 14.1. The van der Waals surface area contributed by atoms with Crippen molar-refractivity contribution in [2.75, 3.05) is 23.3 Å². The van der Waals surface area contributed by atoms with Crippen LogP contribution in [0, 0.1) is 34.4 Å². The van der Waals surface area contributed by atoms with E-state index in [1.54, 1.807) is 0 Å². The molecule has 1 fully saturated rings. The summed E-state index contributed by atoms with van der Waals surface area (Å²) in [5, 5.41) is 22.0. The topological polar surface area (TPSA) is 106 Å². The minimum atomic E-state index is -0.577. The number of halogens is 2. The van der Waals surface area contributed by atoms with Gasteiger partial charge in [-0.1, -0.05) is 11.6 Å². The van der Waals surface area contributed by atoms with Crippen molar-refractivity contribution in [3.05, 3.63) is 46.0 Å². The maximum Gasteiger partial charge on any atom is 0.179 e. The third-order valence-electron chi connectivity index (χ3n) is 4.87. The fourth-order valence-corrected chi connectivity index (χ4v) is 3.61. The first kappa shape index (κ1) is 21.5. The van der Waals surface area contributed by atoms with Crippen molar-refractivity contribution in [3.8, 4) is 12.1 Å². The van der Waals surface area contributed by atoms with Crippen molar-refractivity contribution >= 4 is 29.0 Å². The Bertz CT molecular complexity index is 1050. The first-order valence-electron chi connectivity index (χ1n) is 9.57. The van der Waals surface area contributed by atoms with Crippen LogP contribution in [0.25, 0.3) is 0 Å². The fourth-order valence-electron chi connectivity index (χ4n) is 3.43. The van der Waals surface area contributed by atoms with Crippen molar-refractivity contribution in [2.45, 2.75) is 32.7 Å². The molecule has 3 rings (SSSR count). The van der Waals surface area contributed by atoms with E-state index in [0.717, 1.165) is 0 Å². The molecule has 1 saturated heterocycles. The highest BCUT2D eigenvalue weighted by Crippen LogP contribution is 2.30. The van der Waals surface area contributed by atoms with Gasteiger partial charge in [0, 0.05) is 30.1 Å². The molecule has 0 aliphatic carbocycles. The van der Waals surface area contributed by atoms with Crippen LogP contribution in [0.15, 0.2) is 18.2 Å². The number of carbonyl (C=O) groups is 1. The second kappa shape index (κ2) is 9.06. The normalized spacial score (nSPS) is 14.3. The van der Waals surface area contributed by atoms with Gasteiger partial charge < -0.3 is 10.2 Å². The van der Waals surface area contributed by atoms with Crippen LogP contribution in [0.5, 0.6) is 0 Å². The van der Waals surface area contributed by atoms with Crippen LogP contribution in [0.2, 0.25) is 5.02 Å². The molecule has 0 amide bonds. The molecule has 30 heavy (non-hydrogen) atoms. The van der Waals surface area contributed by atoms with E-state index in [1.807, 2.05) is 30.9 Å². The van der Waals surface area contributed by atoms with Gasteiger partial charge in [-0.15, -0.1) is 0 Å². The molecule has 1 aromatic heterocycles. The average molecular weight is 427 g/mol. The smallest absolute Gasteiger partial charge is 0.179 e. The maximum absolute atomic E-state index is 14.1. The Labute approximate surface area is 179 Å². The summed E-state index contributed by atoms with van der Waals surface area (Å²) in [5.41, 5.74) is -0.0695. The highest BCUT2D eigenvalue weighted by Gasteiger charge is 2.30. The number of Topliss-reactive ketones (excluding diaryl/α,β-unsaturated/α-hetero) is 1. The van der Waals surface area contributed by atoms with Gasteiger partial charge in [0.1, 0.15) is 18.0 Å². The molecule has 2 heterocycles. The van der Waals surface area contributed by atoms with E-state index in [4.69, 9.17) is 11.6 Å². The predicted octanol–water partition coefficient (Wildman–Crippen LogP) is 3.93. The molecule has 1 aliphatic rings. The Morgan fingerprint density at radius 3 is 2.47 bits per heavy atom. The first-order chi connectivity index (χ1) is 14.3. The van der Waals surface area contributed by atoms with Crippen molar-refractivity contribution in [2.24, 2.45) is 5.92 Å². The van der Waals surface area contributed by atoms with E-state index in [2.05, 4.69) is 15.3 Å². The summed E-state index contributed by atoms with van der Waals surface area (Å²) < 4.78 is 14.1. The molecule has 2 aromatic rings. The van der Waals surface area contributed by atoms with Gasteiger partial charge in [-0.25, -0.2) is 14.4 Å². The number of nitriles is 2. The number of benzene rings is 1. The molecule has 1 aliphatic heterocycles. The van der Waals surface area contributed by atoms with Gasteiger partial charge in [-0.05, 0) is 44.9 Å². The third kappa shape index (κ3) is 4.50. The molecule has 9 heteroatoms. The number of ketones is 1. The van der Waals surface area contributed by atoms with E-state index < -0.39 is 5.82 Å². The lowest BCUT2D eigenvalue weighted by atomic mass is 9.88. The van der Waals surface area contributed by atoms with E-state index in [-0.39, 0.29) is 34.7 Å². The van der Waals surface area contributed by atoms with Gasteiger partial charge in [-0.2, -0.15) is 10.5 Å². The van der Waals surface area contributed by atoms with Gasteiger partial charge >= 0.3 is 0 Å². The largest absolute Gasteiger partial charge is 0.365 e. The van der Waals surface area contributed by atoms with Crippen LogP contribution in [0.1, 0.15) is 48.4 Å². The lowest BCUT2D eigenvalue weighted by molar-refractivity contribution is 0.0896. The van der Waals surface area contributed by atoms with Crippen LogP contribution < -0.4 is 10.2 Å². The summed E-state index contributed by atoms with van der Waals surface area (Å²) in [7, 11) is 0. The zero-order chi connectivity index (χ0) is 21.8. The third-order valence-corrected chi connectivity index (χ3v) is 5.11. The summed E-state index contributed by atoms with van der Waals surface area (Å²) in [6.07, 6.45) is 0.991. The van der Waals surface area contributed by atoms with E-state index in [1.165, 1.54) is 18.2 Å². The summed E-state index contributed by atoms with van der Waals surface area (Å²) in [6.45, 7) is 4.83. The Balaban J connectivity index is 1.82. The second-order valence-electron chi connectivity index (χ2n) is 7.37. The first-order valence-corrected chi connectivity index (χ1v) is 9.94. The lowest BCUT2D eigenvalue weighted by Gasteiger charge is -2.33. The summed E-state index contributed by atoms with van der Waals surface area (Å²) >= 11 is 5.92. The number of aromatic nitrogens is 2. The Hall–Kier alpha value is -3.23.